The molecule has 2 aromatic carbocycles. The second kappa shape index (κ2) is 9.35. The summed E-state index contributed by atoms with van der Waals surface area (Å²) in [7, 11) is 0. The van der Waals surface area contributed by atoms with E-state index in [9.17, 15) is 24.3 Å². The molecule has 3 heterocycles. The van der Waals surface area contributed by atoms with E-state index in [-0.39, 0.29) is 51.0 Å². The molecule has 200 valence electrons. The molecule has 12 heteroatoms. The highest BCUT2D eigenvalue weighted by molar-refractivity contribution is 6.33. The molecule has 1 aliphatic heterocycles. The van der Waals surface area contributed by atoms with Gasteiger partial charge in [-0.2, -0.15) is 0 Å². The molecule has 11 nitrogen and oxygen atoms in total. The van der Waals surface area contributed by atoms with Crippen molar-refractivity contribution in [2.75, 3.05) is 15.5 Å². The van der Waals surface area contributed by atoms with E-state index in [1.807, 2.05) is 39.8 Å². The van der Waals surface area contributed by atoms with Crippen LogP contribution in [0.1, 0.15) is 64.7 Å². The number of fused-ring (bicyclic) bond motifs is 1. The lowest BCUT2D eigenvalue weighted by molar-refractivity contribution is 0.0691. The summed E-state index contributed by atoms with van der Waals surface area (Å²) in [5.74, 6) is -0.560. The second-order valence-corrected chi connectivity index (χ2v) is 10.7. The predicted molar refractivity (Wildman–Crippen MR) is 145 cm³/mol. The number of rotatable bonds is 7. The fraction of sp³-hybridized carbons (Fsp3) is 0.259. The van der Waals surface area contributed by atoms with E-state index in [2.05, 4.69) is 20.6 Å². The van der Waals surface area contributed by atoms with Crippen LogP contribution in [0.5, 0.6) is 0 Å². The molecule has 0 spiro atoms. The molecule has 3 N–H and O–H groups in total. The molecule has 0 unspecified atom stereocenters. The fourth-order valence-electron chi connectivity index (χ4n) is 4.62. The molecule has 0 aliphatic carbocycles. The van der Waals surface area contributed by atoms with Gasteiger partial charge < -0.3 is 25.1 Å². The van der Waals surface area contributed by atoms with Crippen LogP contribution in [-0.2, 0) is 6.54 Å². The highest BCUT2D eigenvalue weighted by Gasteiger charge is 2.37. The zero-order chi connectivity index (χ0) is 28.2. The molecule has 4 aromatic rings. The summed E-state index contributed by atoms with van der Waals surface area (Å²) in [6.45, 7) is 7.70. The lowest BCUT2D eigenvalue weighted by Gasteiger charge is -2.31. The van der Waals surface area contributed by atoms with Crippen molar-refractivity contribution in [2.24, 2.45) is 5.41 Å². The first-order valence-electron chi connectivity index (χ1n) is 12.0. The Bertz CT molecular complexity index is 1710. The first-order chi connectivity index (χ1) is 18.4. The van der Waals surface area contributed by atoms with Gasteiger partial charge in [-0.05, 0) is 36.6 Å². The minimum absolute atomic E-state index is 0.00238. The number of carboxylic acids is 1. The number of nitrogens with one attached hydrogen (secondary N) is 2. The minimum atomic E-state index is -1.32. The summed E-state index contributed by atoms with van der Waals surface area (Å²) in [6.07, 6.45) is 2.32. The van der Waals surface area contributed by atoms with Gasteiger partial charge in [0.05, 0.1) is 35.7 Å². The highest BCUT2D eigenvalue weighted by atomic mass is 35.5. The number of hydrogen-bond donors (Lipinski definition) is 3. The lowest BCUT2D eigenvalue weighted by atomic mass is 9.85. The van der Waals surface area contributed by atoms with Gasteiger partial charge in [0.2, 0.25) is 0 Å². The molecule has 0 saturated heterocycles. The molecular weight excluding hydrogens is 526 g/mol. The molecule has 5 rings (SSSR count). The maximum atomic E-state index is 13.5. The number of aromatic nitrogens is 2. The molecule has 1 aliphatic rings. The number of aryl methyl sites for hydroxylation is 1. The van der Waals surface area contributed by atoms with Crippen molar-refractivity contribution in [2.45, 2.75) is 40.3 Å². The summed E-state index contributed by atoms with van der Waals surface area (Å²) in [6, 6.07) is 6.28. The largest absolute Gasteiger partial charge is 0.476 e. The standard InChI is InChI=1S/C27H24ClN5O6/c1-12-5-8-17(39-12)24(27(2,3)4)32-21-20(22(34)23(21)35)31-15-7-6-14(28)13-10-33(25(36)18(13)15)16-9-29-11-30-19(16)26(37)38/h5-9,11,24,31-32H,10H2,1-4H3,(H,37,38)/t24-/m0/s1. The van der Waals surface area contributed by atoms with Gasteiger partial charge in [-0.25, -0.2) is 14.8 Å². The number of benzene rings is 1. The van der Waals surface area contributed by atoms with E-state index in [0.717, 1.165) is 6.33 Å². The SMILES string of the molecule is Cc1ccc([C@H](Nc2c(Nc3ccc(Cl)c4c3C(=O)N(c3cncnc3C(=O)O)C4)c(=O)c2=O)C(C)(C)C)o1. The molecule has 2 aromatic heterocycles. The van der Waals surface area contributed by atoms with E-state index in [0.29, 0.717) is 17.1 Å². The molecule has 39 heavy (non-hydrogen) atoms. The van der Waals surface area contributed by atoms with Crippen molar-refractivity contribution >= 4 is 46.2 Å². The molecular formula is C27H24ClN5O6. The van der Waals surface area contributed by atoms with Crippen LogP contribution in [0.3, 0.4) is 0 Å². The number of nitrogens with zero attached hydrogens (tertiary/aromatic N) is 3. The zero-order valence-corrected chi connectivity index (χ0v) is 22.2. The summed E-state index contributed by atoms with van der Waals surface area (Å²) in [5, 5.41) is 15.9. The highest BCUT2D eigenvalue weighted by Crippen LogP contribution is 2.41. The smallest absolute Gasteiger partial charge is 0.356 e. The summed E-state index contributed by atoms with van der Waals surface area (Å²) in [5.41, 5.74) is -1.26. The average molecular weight is 550 g/mol. The van der Waals surface area contributed by atoms with Gasteiger partial charge in [-0.3, -0.25) is 14.4 Å². The van der Waals surface area contributed by atoms with Gasteiger partial charge in [-0.15, -0.1) is 0 Å². The van der Waals surface area contributed by atoms with Gasteiger partial charge in [0, 0.05) is 10.6 Å². The summed E-state index contributed by atoms with van der Waals surface area (Å²) >= 11 is 6.41. The molecule has 0 radical (unpaired) electrons. The average Bonchev–Trinajstić information content (AvgIpc) is 3.47. The number of carboxylic acid groups (broad SMARTS) is 1. The topological polar surface area (TPSA) is 155 Å². The Kier molecular flexibility index (Phi) is 6.26. The number of amides is 1. The molecule has 0 bridgehead atoms. The number of carbonyl (C=O) groups excluding carboxylic acids is 1. The van der Waals surface area contributed by atoms with Crippen molar-refractivity contribution in [1.29, 1.82) is 0 Å². The van der Waals surface area contributed by atoms with Gasteiger partial charge in [0.25, 0.3) is 16.8 Å². The number of hydrogen-bond acceptors (Lipinski definition) is 9. The van der Waals surface area contributed by atoms with E-state index in [1.165, 1.54) is 17.2 Å². The minimum Gasteiger partial charge on any atom is -0.476 e. The number of furan rings is 1. The van der Waals surface area contributed by atoms with Crippen LogP contribution in [0.25, 0.3) is 0 Å². The van der Waals surface area contributed by atoms with E-state index < -0.39 is 28.8 Å². The van der Waals surface area contributed by atoms with Crippen molar-refractivity contribution in [3.05, 3.63) is 90.6 Å². The van der Waals surface area contributed by atoms with E-state index in [4.69, 9.17) is 16.0 Å². The van der Waals surface area contributed by atoms with Gasteiger partial charge in [0.1, 0.15) is 29.2 Å². The van der Waals surface area contributed by atoms with Crippen LogP contribution in [0.15, 0.2) is 50.8 Å². The molecule has 0 fully saturated rings. The van der Waals surface area contributed by atoms with Crippen LogP contribution < -0.4 is 26.4 Å². The maximum Gasteiger partial charge on any atom is 0.356 e. The first kappa shape index (κ1) is 26.1. The first-order valence-corrected chi connectivity index (χ1v) is 12.4. The summed E-state index contributed by atoms with van der Waals surface area (Å²) < 4.78 is 5.81. The third kappa shape index (κ3) is 4.44. The van der Waals surface area contributed by atoms with Crippen molar-refractivity contribution in [3.8, 4) is 0 Å². The lowest BCUT2D eigenvalue weighted by Crippen LogP contribution is -2.39. The Morgan fingerprint density at radius 3 is 2.49 bits per heavy atom. The van der Waals surface area contributed by atoms with Gasteiger partial charge in [0.15, 0.2) is 5.69 Å². The number of halogens is 1. The normalized spacial score (nSPS) is 14.0. The Hall–Kier alpha value is -4.51. The monoisotopic (exact) mass is 549 g/mol. The number of carbonyl (C=O) groups is 2. The Morgan fingerprint density at radius 2 is 1.85 bits per heavy atom. The Balaban J connectivity index is 1.51. The third-order valence-corrected chi connectivity index (χ3v) is 6.94. The maximum absolute atomic E-state index is 13.5. The van der Waals surface area contributed by atoms with Crippen molar-refractivity contribution in [1.82, 2.24) is 9.97 Å². The van der Waals surface area contributed by atoms with Gasteiger partial charge >= 0.3 is 5.97 Å². The quantitative estimate of drug-likeness (QED) is 0.282. The van der Waals surface area contributed by atoms with Crippen LogP contribution in [-0.4, -0.2) is 27.0 Å². The zero-order valence-electron chi connectivity index (χ0n) is 21.5. The number of aromatic carboxylic acids is 1. The van der Waals surface area contributed by atoms with Crippen LogP contribution in [0.2, 0.25) is 5.02 Å². The van der Waals surface area contributed by atoms with Crippen LogP contribution >= 0.6 is 11.6 Å². The molecule has 1 atom stereocenters. The van der Waals surface area contributed by atoms with Crippen molar-refractivity contribution < 1.29 is 19.1 Å². The molecule has 1 amide bonds. The molecule has 0 saturated carbocycles. The summed E-state index contributed by atoms with van der Waals surface area (Å²) in [4.78, 5) is 59.4. The van der Waals surface area contributed by atoms with Crippen LogP contribution in [0.4, 0.5) is 22.7 Å². The van der Waals surface area contributed by atoms with Crippen molar-refractivity contribution in [3.63, 3.8) is 0 Å². The fourth-order valence-corrected chi connectivity index (χ4v) is 4.84. The van der Waals surface area contributed by atoms with Crippen LogP contribution in [0, 0.1) is 12.3 Å². The third-order valence-electron chi connectivity index (χ3n) is 6.59. The predicted octanol–water partition coefficient (Wildman–Crippen LogP) is 4.43. The Morgan fingerprint density at radius 1 is 1.13 bits per heavy atom. The Labute approximate surface area is 227 Å². The number of anilines is 4. The second-order valence-electron chi connectivity index (χ2n) is 10.3. The van der Waals surface area contributed by atoms with E-state index >= 15 is 0 Å². The van der Waals surface area contributed by atoms with Gasteiger partial charge in [-0.1, -0.05) is 32.4 Å². The van der Waals surface area contributed by atoms with E-state index in [1.54, 1.807) is 6.07 Å².